The van der Waals surface area contributed by atoms with Gasteiger partial charge in [-0.15, -0.1) is 0 Å². The Balaban J connectivity index is 1.79. The number of hydrogen-bond donors (Lipinski definition) is 1. The molecule has 0 fully saturated rings. The number of aromatic nitrogens is 1. The summed E-state index contributed by atoms with van der Waals surface area (Å²) in [4.78, 5) is 31.8. The number of imide groups is 1. The van der Waals surface area contributed by atoms with Crippen molar-refractivity contribution in [2.45, 2.75) is 12.7 Å². The van der Waals surface area contributed by atoms with Crippen molar-refractivity contribution >= 4 is 23.1 Å². The molecule has 6 nitrogen and oxygen atoms in total. The number of methoxy groups -OCH3 is 1. The summed E-state index contributed by atoms with van der Waals surface area (Å²) >= 11 is 0. The lowest BCUT2D eigenvalue weighted by molar-refractivity contribution is -0.138. The second-order valence-corrected chi connectivity index (χ2v) is 7.17. The molecule has 1 aliphatic heterocycles. The summed E-state index contributed by atoms with van der Waals surface area (Å²) in [6, 6.07) is 16.1. The molecule has 1 N–H and O–H groups in total. The first-order valence-corrected chi connectivity index (χ1v) is 9.87. The van der Waals surface area contributed by atoms with Crippen LogP contribution in [0.1, 0.15) is 16.8 Å². The SMILES string of the molecule is COc1ccccc1C1=C(Nc2cccc(C(F)(F)F)c2)C(=O)N(Cc2ccccn2)C1=O. The third-order valence-corrected chi connectivity index (χ3v) is 5.05. The first-order valence-electron chi connectivity index (χ1n) is 9.87. The zero-order chi connectivity index (χ0) is 23.6. The Morgan fingerprint density at radius 1 is 0.970 bits per heavy atom. The van der Waals surface area contributed by atoms with Crippen molar-refractivity contribution in [1.29, 1.82) is 0 Å². The van der Waals surface area contributed by atoms with E-state index in [9.17, 15) is 22.8 Å². The van der Waals surface area contributed by atoms with Crippen LogP contribution >= 0.6 is 0 Å². The Morgan fingerprint density at radius 3 is 2.42 bits per heavy atom. The molecule has 1 aromatic heterocycles. The Hall–Kier alpha value is -4.14. The summed E-state index contributed by atoms with van der Waals surface area (Å²) in [6.45, 7) is -0.0923. The lowest BCUT2D eigenvalue weighted by atomic mass is 10.0. The van der Waals surface area contributed by atoms with Crippen LogP contribution in [0.4, 0.5) is 18.9 Å². The standard InChI is InChI=1S/C24H18F3N3O3/c1-33-19-11-3-2-10-18(19)20-21(29-16-9-6-7-15(13-16)24(25,26)27)23(32)30(22(20)31)14-17-8-4-5-12-28-17/h2-13,29H,14H2,1H3. The first kappa shape index (κ1) is 22.1. The zero-order valence-corrected chi connectivity index (χ0v) is 17.4. The second kappa shape index (κ2) is 8.78. The van der Waals surface area contributed by atoms with Crippen molar-refractivity contribution in [2.75, 3.05) is 12.4 Å². The number of para-hydroxylation sites is 1. The lowest BCUT2D eigenvalue weighted by Crippen LogP contribution is -2.32. The second-order valence-electron chi connectivity index (χ2n) is 7.17. The van der Waals surface area contributed by atoms with Gasteiger partial charge in [0.2, 0.25) is 0 Å². The molecule has 0 unspecified atom stereocenters. The fourth-order valence-corrected chi connectivity index (χ4v) is 3.51. The third-order valence-electron chi connectivity index (χ3n) is 5.05. The van der Waals surface area contributed by atoms with Crippen LogP contribution in [0.3, 0.4) is 0 Å². The normalized spacial score (nSPS) is 14.1. The summed E-state index contributed by atoms with van der Waals surface area (Å²) in [5.41, 5.74) is -0.164. The highest BCUT2D eigenvalue weighted by molar-refractivity contribution is 6.36. The minimum absolute atomic E-state index is 0.00536. The molecule has 33 heavy (non-hydrogen) atoms. The quantitative estimate of drug-likeness (QED) is 0.557. The van der Waals surface area contributed by atoms with Gasteiger partial charge in [0.1, 0.15) is 11.4 Å². The Kier molecular flexibility index (Phi) is 5.87. The number of carbonyl (C=O) groups excluding carboxylic acids is 2. The van der Waals surface area contributed by atoms with E-state index in [1.165, 1.54) is 25.4 Å². The molecule has 168 valence electrons. The summed E-state index contributed by atoms with van der Waals surface area (Å²) in [5, 5.41) is 2.74. The van der Waals surface area contributed by atoms with Gasteiger partial charge in [0.15, 0.2) is 0 Å². The van der Waals surface area contributed by atoms with E-state index in [2.05, 4.69) is 10.3 Å². The number of nitrogens with one attached hydrogen (secondary N) is 1. The van der Waals surface area contributed by atoms with Gasteiger partial charge < -0.3 is 10.1 Å². The molecule has 0 radical (unpaired) electrons. The summed E-state index contributed by atoms with van der Waals surface area (Å²) in [7, 11) is 1.42. The van der Waals surface area contributed by atoms with Gasteiger partial charge in [-0.1, -0.05) is 30.3 Å². The molecule has 3 aromatic rings. The molecule has 2 amide bonds. The molecule has 4 rings (SSSR count). The van der Waals surface area contributed by atoms with Gasteiger partial charge in [-0.2, -0.15) is 13.2 Å². The number of amides is 2. The topological polar surface area (TPSA) is 71.5 Å². The third kappa shape index (κ3) is 4.43. The van der Waals surface area contributed by atoms with Crippen molar-refractivity contribution < 1.29 is 27.5 Å². The molecule has 1 aliphatic rings. The van der Waals surface area contributed by atoms with Crippen LogP contribution < -0.4 is 10.1 Å². The number of pyridine rings is 1. The number of rotatable bonds is 6. The lowest BCUT2D eigenvalue weighted by Gasteiger charge is -2.15. The molecule has 0 aliphatic carbocycles. The Labute approximate surface area is 187 Å². The van der Waals surface area contributed by atoms with E-state index in [1.54, 1.807) is 42.5 Å². The van der Waals surface area contributed by atoms with E-state index in [0.29, 0.717) is 17.0 Å². The van der Waals surface area contributed by atoms with Crippen LogP contribution in [-0.2, 0) is 22.3 Å². The molecule has 0 spiro atoms. The van der Waals surface area contributed by atoms with Crippen LogP contribution in [0.2, 0.25) is 0 Å². The van der Waals surface area contributed by atoms with Crippen LogP contribution in [0.25, 0.3) is 5.57 Å². The molecule has 0 bridgehead atoms. The maximum absolute atomic E-state index is 13.4. The predicted octanol–water partition coefficient (Wildman–Crippen LogP) is 4.50. The van der Waals surface area contributed by atoms with Gasteiger partial charge in [-0.25, -0.2) is 0 Å². The number of alkyl halides is 3. The van der Waals surface area contributed by atoms with E-state index in [-0.39, 0.29) is 23.5 Å². The average molecular weight is 453 g/mol. The minimum atomic E-state index is -4.56. The van der Waals surface area contributed by atoms with Gasteiger partial charge in [-0.3, -0.25) is 19.5 Å². The molecule has 9 heteroatoms. The zero-order valence-electron chi connectivity index (χ0n) is 17.4. The monoisotopic (exact) mass is 453 g/mol. The first-order chi connectivity index (χ1) is 15.8. The summed E-state index contributed by atoms with van der Waals surface area (Å²) in [5.74, 6) is -0.940. The fourth-order valence-electron chi connectivity index (χ4n) is 3.51. The molecule has 0 saturated heterocycles. The van der Waals surface area contributed by atoms with Crippen LogP contribution in [0.5, 0.6) is 5.75 Å². The Bertz CT molecular complexity index is 1240. The van der Waals surface area contributed by atoms with E-state index in [4.69, 9.17) is 4.74 Å². The predicted molar refractivity (Wildman–Crippen MR) is 115 cm³/mol. The van der Waals surface area contributed by atoms with Crippen molar-refractivity contribution in [3.8, 4) is 5.75 Å². The van der Waals surface area contributed by atoms with Crippen molar-refractivity contribution in [3.63, 3.8) is 0 Å². The van der Waals surface area contributed by atoms with Crippen molar-refractivity contribution in [2.24, 2.45) is 0 Å². The largest absolute Gasteiger partial charge is 0.496 e. The van der Waals surface area contributed by atoms with Gasteiger partial charge >= 0.3 is 6.18 Å². The minimum Gasteiger partial charge on any atom is -0.496 e. The van der Waals surface area contributed by atoms with E-state index >= 15 is 0 Å². The highest BCUT2D eigenvalue weighted by Gasteiger charge is 2.40. The van der Waals surface area contributed by atoms with E-state index in [1.807, 2.05) is 0 Å². The van der Waals surface area contributed by atoms with Gasteiger partial charge in [0.05, 0.1) is 30.5 Å². The number of hydrogen-bond acceptors (Lipinski definition) is 5. The van der Waals surface area contributed by atoms with Crippen molar-refractivity contribution in [3.05, 3.63) is 95.4 Å². The number of carbonyl (C=O) groups is 2. The molecule has 2 heterocycles. The van der Waals surface area contributed by atoms with Crippen LogP contribution in [-0.4, -0.2) is 28.8 Å². The smallest absolute Gasteiger partial charge is 0.416 e. The number of benzene rings is 2. The highest BCUT2D eigenvalue weighted by Crippen LogP contribution is 2.37. The summed E-state index contributed by atoms with van der Waals surface area (Å²) in [6.07, 6.45) is -3.02. The number of anilines is 1. The van der Waals surface area contributed by atoms with Crippen LogP contribution in [0.15, 0.2) is 78.6 Å². The van der Waals surface area contributed by atoms with Gasteiger partial charge in [0.25, 0.3) is 11.8 Å². The van der Waals surface area contributed by atoms with Gasteiger partial charge in [0, 0.05) is 17.4 Å². The number of nitrogens with zero attached hydrogens (tertiary/aromatic N) is 2. The molecular formula is C24H18F3N3O3. The molecular weight excluding hydrogens is 435 g/mol. The molecule has 2 aromatic carbocycles. The van der Waals surface area contributed by atoms with Gasteiger partial charge in [-0.05, 0) is 36.4 Å². The highest BCUT2D eigenvalue weighted by atomic mass is 19.4. The van der Waals surface area contributed by atoms with E-state index in [0.717, 1.165) is 17.0 Å². The van der Waals surface area contributed by atoms with Crippen molar-refractivity contribution in [1.82, 2.24) is 9.88 Å². The number of ether oxygens (including phenoxy) is 1. The molecule has 0 saturated carbocycles. The number of halogens is 3. The Morgan fingerprint density at radius 2 is 1.73 bits per heavy atom. The maximum atomic E-state index is 13.4. The fraction of sp³-hybridized carbons (Fsp3) is 0.125. The van der Waals surface area contributed by atoms with Crippen LogP contribution in [0, 0.1) is 0 Å². The van der Waals surface area contributed by atoms with E-state index < -0.39 is 23.6 Å². The maximum Gasteiger partial charge on any atom is 0.416 e. The summed E-state index contributed by atoms with van der Waals surface area (Å²) < 4.78 is 44.9. The average Bonchev–Trinajstić information content (AvgIpc) is 3.03. The molecule has 0 atom stereocenters.